The van der Waals surface area contributed by atoms with Gasteiger partial charge in [-0.05, 0) is 52.8 Å². The summed E-state index contributed by atoms with van der Waals surface area (Å²) in [6, 6.07) is 3.81. The van der Waals surface area contributed by atoms with Gasteiger partial charge in [-0.25, -0.2) is 4.79 Å². The highest BCUT2D eigenvalue weighted by Crippen LogP contribution is 2.35. The van der Waals surface area contributed by atoms with E-state index in [1.165, 1.54) is 6.08 Å². The van der Waals surface area contributed by atoms with E-state index in [2.05, 4.69) is 5.32 Å². The molecule has 0 aliphatic carbocycles. The number of fused-ring (bicyclic) bond motifs is 1. The maximum Gasteiger partial charge on any atom is 0.331 e. The summed E-state index contributed by atoms with van der Waals surface area (Å²) >= 11 is 0. The van der Waals surface area contributed by atoms with Crippen LogP contribution in [0.3, 0.4) is 0 Å². The Hall–Kier alpha value is -2.50. The van der Waals surface area contributed by atoms with Crippen LogP contribution < -0.4 is 14.8 Å². The van der Waals surface area contributed by atoms with Gasteiger partial charge in [0.15, 0.2) is 6.61 Å². The average Bonchev–Trinajstić information content (AvgIpc) is 2.88. The molecule has 1 aliphatic rings. The summed E-state index contributed by atoms with van der Waals surface area (Å²) in [4.78, 5) is 23.6. The molecule has 1 heterocycles. The predicted octanol–water partition coefficient (Wildman–Crippen LogP) is 2.88. The number of rotatable bonds is 6. The molecule has 0 bridgehead atoms. The summed E-state index contributed by atoms with van der Waals surface area (Å²) in [6.07, 6.45) is 3.86. The van der Waals surface area contributed by atoms with Gasteiger partial charge in [0.05, 0.1) is 6.61 Å². The van der Waals surface area contributed by atoms with Gasteiger partial charge >= 0.3 is 5.97 Å². The van der Waals surface area contributed by atoms with Crippen molar-refractivity contribution in [3.63, 3.8) is 0 Å². The number of carbonyl (C=O) groups excluding carboxylic acids is 2. The van der Waals surface area contributed by atoms with E-state index in [1.54, 1.807) is 6.08 Å². The summed E-state index contributed by atoms with van der Waals surface area (Å²) in [6.45, 7) is 9.70. The number of hydrogen-bond donors (Lipinski definition) is 1. The summed E-state index contributed by atoms with van der Waals surface area (Å²) in [5, 5.41) is 2.73. The highest BCUT2D eigenvalue weighted by atomic mass is 16.5. The van der Waals surface area contributed by atoms with Gasteiger partial charge in [-0.15, -0.1) is 0 Å². The number of carbonyl (C=O) groups is 2. The maximum atomic E-state index is 11.9. The Morgan fingerprint density at radius 1 is 1.35 bits per heavy atom. The van der Waals surface area contributed by atoms with Crippen molar-refractivity contribution < 1.29 is 23.8 Å². The second kappa shape index (κ2) is 8.25. The van der Waals surface area contributed by atoms with Gasteiger partial charge in [-0.1, -0.05) is 0 Å². The number of nitrogens with one attached hydrogen (secondary N) is 1. The van der Waals surface area contributed by atoms with E-state index < -0.39 is 5.97 Å². The molecule has 1 N–H and O–H groups in total. The first kappa shape index (κ1) is 19.8. The molecule has 0 saturated carbocycles. The van der Waals surface area contributed by atoms with Crippen molar-refractivity contribution in [2.24, 2.45) is 0 Å². The van der Waals surface area contributed by atoms with Gasteiger partial charge in [0.25, 0.3) is 5.91 Å². The fourth-order valence-corrected chi connectivity index (χ4v) is 2.66. The monoisotopic (exact) mass is 361 g/mol. The van der Waals surface area contributed by atoms with Gasteiger partial charge < -0.3 is 19.5 Å². The molecule has 0 unspecified atom stereocenters. The van der Waals surface area contributed by atoms with Crippen molar-refractivity contribution in [3.05, 3.63) is 29.3 Å². The lowest BCUT2D eigenvalue weighted by molar-refractivity contribution is -0.144. The van der Waals surface area contributed by atoms with E-state index >= 15 is 0 Å². The molecular weight excluding hydrogens is 334 g/mol. The number of hydrogen-bond acceptors (Lipinski definition) is 5. The quantitative estimate of drug-likeness (QED) is 0.623. The van der Waals surface area contributed by atoms with Crippen LogP contribution >= 0.6 is 0 Å². The van der Waals surface area contributed by atoms with Gasteiger partial charge in [0, 0.05) is 29.2 Å². The van der Waals surface area contributed by atoms with Crippen molar-refractivity contribution in [3.8, 4) is 11.5 Å². The molecule has 1 aromatic rings. The predicted molar refractivity (Wildman–Crippen MR) is 99.3 cm³/mol. The Bertz CT molecular complexity index is 703. The minimum Gasteiger partial charge on any atom is -0.493 e. The zero-order valence-electron chi connectivity index (χ0n) is 16.0. The van der Waals surface area contributed by atoms with Crippen LogP contribution in [-0.4, -0.2) is 36.7 Å². The highest BCUT2D eigenvalue weighted by molar-refractivity contribution is 5.90. The molecule has 1 atom stereocenters. The lowest BCUT2D eigenvalue weighted by Gasteiger charge is -2.20. The Kier molecular flexibility index (Phi) is 6.29. The minimum absolute atomic E-state index is 0.130. The van der Waals surface area contributed by atoms with Gasteiger partial charge in [0.1, 0.15) is 17.6 Å². The summed E-state index contributed by atoms with van der Waals surface area (Å²) < 4.78 is 16.4. The van der Waals surface area contributed by atoms with E-state index in [0.29, 0.717) is 12.4 Å². The smallest absolute Gasteiger partial charge is 0.331 e. The normalized spacial score (nSPS) is 16.1. The lowest BCUT2D eigenvalue weighted by Crippen LogP contribution is -2.42. The average molecular weight is 361 g/mol. The first-order chi connectivity index (χ1) is 12.2. The van der Waals surface area contributed by atoms with Crippen LogP contribution in [-0.2, 0) is 20.7 Å². The molecule has 0 fully saturated rings. The van der Waals surface area contributed by atoms with Gasteiger partial charge in [0.2, 0.25) is 0 Å². The second-order valence-electron chi connectivity index (χ2n) is 7.30. The summed E-state index contributed by atoms with van der Waals surface area (Å²) in [7, 11) is 0. The number of esters is 1. The van der Waals surface area contributed by atoms with Crippen LogP contribution in [0.5, 0.6) is 11.5 Å². The van der Waals surface area contributed by atoms with Crippen molar-refractivity contribution in [2.45, 2.75) is 52.7 Å². The first-order valence-corrected chi connectivity index (χ1v) is 8.80. The summed E-state index contributed by atoms with van der Waals surface area (Å²) in [5.41, 5.74) is 1.46. The molecule has 0 aromatic heterocycles. The number of ether oxygens (including phenoxy) is 3. The van der Waals surface area contributed by atoms with Crippen LogP contribution in [0.15, 0.2) is 18.2 Å². The fourth-order valence-electron chi connectivity index (χ4n) is 2.66. The van der Waals surface area contributed by atoms with Crippen LogP contribution in [0.1, 0.15) is 45.7 Å². The van der Waals surface area contributed by atoms with Crippen LogP contribution in [0.25, 0.3) is 6.08 Å². The minimum atomic E-state index is -0.591. The van der Waals surface area contributed by atoms with Crippen molar-refractivity contribution in [2.75, 3.05) is 13.2 Å². The molecule has 1 aromatic carbocycles. The zero-order valence-corrected chi connectivity index (χ0v) is 16.0. The van der Waals surface area contributed by atoms with Crippen molar-refractivity contribution in [1.82, 2.24) is 5.32 Å². The van der Waals surface area contributed by atoms with E-state index in [0.717, 1.165) is 23.3 Å². The highest BCUT2D eigenvalue weighted by Gasteiger charge is 2.21. The molecular formula is C20H27NO5. The Morgan fingerprint density at radius 2 is 2.08 bits per heavy atom. The van der Waals surface area contributed by atoms with E-state index in [9.17, 15) is 9.59 Å². The van der Waals surface area contributed by atoms with Crippen LogP contribution in [0.2, 0.25) is 0 Å². The lowest BCUT2D eigenvalue weighted by atomic mass is 10.1. The molecule has 0 spiro atoms. The third-order valence-electron chi connectivity index (χ3n) is 3.59. The van der Waals surface area contributed by atoms with E-state index in [-0.39, 0.29) is 24.2 Å². The third kappa shape index (κ3) is 5.79. The molecule has 1 aliphatic heterocycles. The van der Waals surface area contributed by atoms with E-state index in [1.807, 2.05) is 46.8 Å². The largest absolute Gasteiger partial charge is 0.493 e. The Balaban J connectivity index is 2.01. The van der Waals surface area contributed by atoms with Crippen LogP contribution in [0, 0.1) is 0 Å². The fraction of sp³-hybridized carbons (Fsp3) is 0.500. The van der Waals surface area contributed by atoms with Crippen molar-refractivity contribution in [1.29, 1.82) is 0 Å². The molecule has 2 rings (SSSR count). The topological polar surface area (TPSA) is 73.9 Å². The molecule has 1 amide bonds. The first-order valence-electron chi connectivity index (χ1n) is 8.80. The Morgan fingerprint density at radius 3 is 2.73 bits per heavy atom. The van der Waals surface area contributed by atoms with Gasteiger partial charge in [-0.2, -0.15) is 0 Å². The maximum absolute atomic E-state index is 11.9. The zero-order chi connectivity index (χ0) is 19.3. The molecule has 0 saturated heterocycles. The standard InChI is InChI=1S/C20H27NO5/c1-6-24-16-11-15-9-13(2)26-17(15)10-14(16)7-8-19(23)25-12-18(22)21-20(3,4)5/h7-8,10-11,13H,6,9,12H2,1-5H3,(H,21,22)/b8-7+/t13-/m0/s1. The van der Waals surface area contributed by atoms with Crippen LogP contribution in [0.4, 0.5) is 0 Å². The molecule has 6 heteroatoms. The second-order valence-corrected chi connectivity index (χ2v) is 7.30. The number of amides is 1. The molecule has 6 nitrogen and oxygen atoms in total. The molecule has 142 valence electrons. The molecule has 26 heavy (non-hydrogen) atoms. The molecule has 0 radical (unpaired) electrons. The number of benzene rings is 1. The van der Waals surface area contributed by atoms with Gasteiger partial charge in [-0.3, -0.25) is 4.79 Å². The van der Waals surface area contributed by atoms with E-state index in [4.69, 9.17) is 14.2 Å². The third-order valence-corrected chi connectivity index (χ3v) is 3.59. The Labute approximate surface area is 154 Å². The van der Waals surface area contributed by atoms with Crippen molar-refractivity contribution >= 4 is 18.0 Å². The summed E-state index contributed by atoms with van der Waals surface area (Å²) in [5.74, 6) is 0.567. The SMILES string of the molecule is CCOc1cc2c(cc1/C=C/C(=O)OCC(=O)NC(C)(C)C)O[C@@H](C)C2.